The lowest BCUT2D eigenvalue weighted by Gasteiger charge is -2.26. The Hall–Kier alpha value is -3.27. The Labute approximate surface area is 206 Å². The minimum Gasteiger partial charge on any atom is -0.345 e. The fourth-order valence-corrected chi connectivity index (χ4v) is 4.16. The summed E-state index contributed by atoms with van der Waals surface area (Å²) < 4.78 is 1.75. The van der Waals surface area contributed by atoms with Crippen molar-refractivity contribution in [1.82, 2.24) is 30.3 Å². The fourth-order valence-electron chi connectivity index (χ4n) is 4.16. The van der Waals surface area contributed by atoms with Crippen LogP contribution in [0, 0.1) is 5.92 Å². The molecule has 0 bridgehead atoms. The van der Waals surface area contributed by atoms with E-state index in [2.05, 4.69) is 10.6 Å². The molecule has 10 heteroatoms. The van der Waals surface area contributed by atoms with Crippen molar-refractivity contribution in [2.75, 3.05) is 13.1 Å². The maximum absolute atomic E-state index is 13.1. The van der Waals surface area contributed by atoms with E-state index in [4.69, 9.17) is 15.8 Å². The summed E-state index contributed by atoms with van der Waals surface area (Å²) in [5.74, 6) is 0.703. The summed E-state index contributed by atoms with van der Waals surface area (Å²) in [7, 11) is 0. The third-order valence-electron chi connectivity index (χ3n) is 5.95. The van der Waals surface area contributed by atoms with E-state index in [-0.39, 0.29) is 30.1 Å². The minimum atomic E-state index is -0.653. The molecule has 0 aliphatic carbocycles. The second-order valence-corrected chi connectivity index (χ2v) is 9.58. The molecule has 0 saturated carbocycles. The zero-order valence-corrected chi connectivity index (χ0v) is 21.0. The molecular formula is C25H37N7O3. The van der Waals surface area contributed by atoms with E-state index in [0.29, 0.717) is 44.1 Å². The topological polar surface area (TPSA) is 135 Å². The van der Waals surface area contributed by atoms with E-state index in [9.17, 15) is 14.4 Å². The monoisotopic (exact) mass is 483 g/mol. The Morgan fingerprint density at radius 2 is 1.83 bits per heavy atom. The Kier molecular flexibility index (Phi) is 8.97. The smallest absolute Gasteiger partial charge is 0.243 e. The SMILES string of the molecule is CC(C)C[C@H]1NC(=O)CCCN(C(=O)[C@H](C)N)CCn2nc(-c3ccccc3)nc2[C@@H](C)NC1=O. The largest absolute Gasteiger partial charge is 0.345 e. The summed E-state index contributed by atoms with van der Waals surface area (Å²) in [5, 5.41) is 10.6. The molecule has 0 saturated heterocycles. The molecule has 3 atom stereocenters. The number of nitrogens with one attached hydrogen (secondary N) is 2. The molecule has 1 aromatic heterocycles. The van der Waals surface area contributed by atoms with Crippen molar-refractivity contribution in [3.63, 3.8) is 0 Å². The van der Waals surface area contributed by atoms with Crippen LogP contribution >= 0.6 is 0 Å². The van der Waals surface area contributed by atoms with E-state index in [1.165, 1.54) is 0 Å². The molecule has 1 aliphatic rings. The van der Waals surface area contributed by atoms with Gasteiger partial charge >= 0.3 is 0 Å². The van der Waals surface area contributed by atoms with Gasteiger partial charge in [0.25, 0.3) is 0 Å². The number of benzene rings is 1. The average molecular weight is 484 g/mol. The van der Waals surface area contributed by atoms with Gasteiger partial charge in [-0.25, -0.2) is 9.67 Å². The Morgan fingerprint density at radius 1 is 1.11 bits per heavy atom. The number of nitrogens with zero attached hydrogens (tertiary/aromatic N) is 4. The number of nitrogens with two attached hydrogens (primary N) is 1. The lowest BCUT2D eigenvalue weighted by Crippen LogP contribution is -2.49. The van der Waals surface area contributed by atoms with E-state index in [0.717, 1.165) is 5.56 Å². The van der Waals surface area contributed by atoms with Gasteiger partial charge in [-0.3, -0.25) is 14.4 Å². The fraction of sp³-hybridized carbons (Fsp3) is 0.560. The van der Waals surface area contributed by atoms with Crippen molar-refractivity contribution < 1.29 is 14.4 Å². The van der Waals surface area contributed by atoms with Crippen LogP contribution < -0.4 is 16.4 Å². The molecule has 3 rings (SSSR count). The van der Waals surface area contributed by atoms with Gasteiger partial charge in [-0.1, -0.05) is 44.2 Å². The molecular weight excluding hydrogens is 446 g/mol. The van der Waals surface area contributed by atoms with Gasteiger partial charge in [0, 0.05) is 25.1 Å². The van der Waals surface area contributed by atoms with Crippen molar-refractivity contribution in [1.29, 1.82) is 0 Å². The van der Waals surface area contributed by atoms with Crippen molar-refractivity contribution >= 4 is 17.7 Å². The molecule has 10 nitrogen and oxygen atoms in total. The predicted octanol–water partition coefficient (Wildman–Crippen LogP) is 1.62. The lowest BCUT2D eigenvalue weighted by atomic mass is 10.0. The molecule has 2 aromatic rings. The zero-order chi connectivity index (χ0) is 25.5. The number of carbonyl (C=O) groups is 3. The second-order valence-electron chi connectivity index (χ2n) is 9.58. The highest BCUT2D eigenvalue weighted by Gasteiger charge is 2.27. The van der Waals surface area contributed by atoms with Crippen LogP contribution in [0.2, 0.25) is 0 Å². The molecule has 2 heterocycles. The highest BCUT2D eigenvalue weighted by Crippen LogP contribution is 2.20. The van der Waals surface area contributed by atoms with Gasteiger partial charge in [0.1, 0.15) is 11.9 Å². The summed E-state index contributed by atoms with van der Waals surface area (Å²) in [6.45, 7) is 8.66. The van der Waals surface area contributed by atoms with E-state index in [1.807, 2.05) is 51.1 Å². The molecule has 0 fully saturated rings. The number of hydrogen-bond donors (Lipinski definition) is 3. The Morgan fingerprint density at radius 3 is 2.49 bits per heavy atom. The van der Waals surface area contributed by atoms with Crippen LogP contribution in [0.5, 0.6) is 0 Å². The lowest BCUT2D eigenvalue weighted by molar-refractivity contribution is -0.133. The predicted molar refractivity (Wildman–Crippen MR) is 133 cm³/mol. The van der Waals surface area contributed by atoms with Crippen molar-refractivity contribution in [2.45, 2.75) is 71.6 Å². The van der Waals surface area contributed by atoms with Crippen molar-refractivity contribution in [2.24, 2.45) is 11.7 Å². The molecule has 190 valence electrons. The molecule has 4 N–H and O–H groups in total. The molecule has 1 aliphatic heterocycles. The second kappa shape index (κ2) is 11.9. The van der Waals surface area contributed by atoms with Gasteiger partial charge in [-0.15, -0.1) is 0 Å². The van der Waals surface area contributed by atoms with Crippen LogP contribution in [0.15, 0.2) is 30.3 Å². The van der Waals surface area contributed by atoms with Gasteiger partial charge < -0.3 is 21.3 Å². The van der Waals surface area contributed by atoms with E-state index < -0.39 is 18.1 Å². The number of carbonyl (C=O) groups excluding carboxylic acids is 3. The summed E-state index contributed by atoms with van der Waals surface area (Å²) in [4.78, 5) is 44.9. The van der Waals surface area contributed by atoms with Gasteiger partial charge in [-0.05, 0) is 32.6 Å². The number of rotatable bonds is 4. The number of amides is 3. The highest BCUT2D eigenvalue weighted by atomic mass is 16.2. The van der Waals surface area contributed by atoms with Gasteiger partial charge in [0.05, 0.1) is 18.6 Å². The summed E-state index contributed by atoms with van der Waals surface area (Å²) >= 11 is 0. The van der Waals surface area contributed by atoms with Gasteiger partial charge in [0.15, 0.2) is 5.82 Å². The van der Waals surface area contributed by atoms with Crippen molar-refractivity contribution in [3.8, 4) is 11.4 Å². The maximum Gasteiger partial charge on any atom is 0.243 e. The first-order valence-electron chi connectivity index (χ1n) is 12.3. The quantitative estimate of drug-likeness (QED) is 0.605. The Bertz CT molecular complexity index is 1020. The molecule has 35 heavy (non-hydrogen) atoms. The van der Waals surface area contributed by atoms with Crippen LogP contribution in [-0.4, -0.2) is 62.6 Å². The number of fused-ring (bicyclic) bond motifs is 1. The van der Waals surface area contributed by atoms with Gasteiger partial charge in [-0.2, -0.15) is 5.10 Å². The van der Waals surface area contributed by atoms with E-state index in [1.54, 1.807) is 16.5 Å². The summed E-state index contributed by atoms with van der Waals surface area (Å²) in [6, 6.07) is 7.85. The normalized spacial score (nSPS) is 21.0. The highest BCUT2D eigenvalue weighted by molar-refractivity contribution is 5.88. The first-order valence-corrected chi connectivity index (χ1v) is 12.3. The van der Waals surface area contributed by atoms with Gasteiger partial charge in [0.2, 0.25) is 17.7 Å². The standard InChI is InChI=1S/C25H37N7O3/c1-16(2)15-20-24(34)27-18(4)23-29-22(19-9-6-5-7-10-19)30-32(23)14-13-31(25(35)17(3)26)12-8-11-21(33)28-20/h5-7,9-10,16-18,20H,8,11-15,26H2,1-4H3,(H,27,34)(H,28,33)/t17-,18+,20+/m0/s1. The first kappa shape index (κ1) is 26.3. The van der Waals surface area contributed by atoms with Crippen LogP contribution in [-0.2, 0) is 20.9 Å². The van der Waals surface area contributed by atoms with Crippen molar-refractivity contribution in [3.05, 3.63) is 36.2 Å². The van der Waals surface area contributed by atoms with Crippen LogP contribution in [0.1, 0.15) is 58.8 Å². The minimum absolute atomic E-state index is 0.179. The van der Waals surface area contributed by atoms with Crippen LogP contribution in [0.4, 0.5) is 0 Å². The van der Waals surface area contributed by atoms with Crippen LogP contribution in [0.25, 0.3) is 11.4 Å². The zero-order valence-electron chi connectivity index (χ0n) is 21.0. The third kappa shape index (κ3) is 7.11. The Balaban J connectivity index is 1.96. The summed E-state index contributed by atoms with van der Waals surface area (Å²) in [6.07, 6.45) is 1.20. The van der Waals surface area contributed by atoms with Crippen LogP contribution in [0.3, 0.4) is 0 Å². The van der Waals surface area contributed by atoms with E-state index >= 15 is 0 Å². The molecule has 3 amide bonds. The molecule has 1 aromatic carbocycles. The number of aromatic nitrogens is 3. The number of hydrogen-bond acceptors (Lipinski definition) is 6. The average Bonchev–Trinajstić information content (AvgIpc) is 3.24. The molecule has 0 spiro atoms. The summed E-state index contributed by atoms with van der Waals surface area (Å²) in [5.41, 5.74) is 6.74. The molecule has 0 unspecified atom stereocenters. The molecule has 0 radical (unpaired) electrons. The maximum atomic E-state index is 13.1. The third-order valence-corrected chi connectivity index (χ3v) is 5.95. The first-order chi connectivity index (χ1) is 16.7.